The zero-order chi connectivity index (χ0) is 13.4. The molecule has 0 unspecified atom stereocenters. The van der Waals surface area contributed by atoms with E-state index >= 15 is 0 Å². The molecule has 2 aromatic rings. The summed E-state index contributed by atoms with van der Waals surface area (Å²) in [5.41, 5.74) is 0.947. The van der Waals surface area contributed by atoms with E-state index in [1.807, 2.05) is 18.2 Å². The Morgan fingerprint density at radius 2 is 2.32 bits per heavy atom. The largest absolute Gasteiger partial charge is 0.497 e. The highest BCUT2D eigenvalue weighted by molar-refractivity contribution is 7.22. The molecule has 1 N–H and O–H groups in total. The van der Waals surface area contributed by atoms with Gasteiger partial charge >= 0.3 is 0 Å². The molecule has 0 aliphatic carbocycles. The van der Waals surface area contributed by atoms with Crippen molar-refractivity contribution in [2.45, 2.75) is 0 Å². The first-order chi connectivity index (χ1) is 9.21. The Morgan fingerprint density at radius 3 is 3.00 bits per heavy atom. The molecule has 1 aromatic carbocycles. The molecule has 0 atom stereocenters. The number of benzene rings is 1. The van der Waals surface area contributed by atoms with E-state index in [2.05, 4.69) is 15.2 Å². The smallest absolute Gasteiger partial charge is 0.226 e. The van der Waals surface area contributed by atoms with Crippen molar-refractivity contribution in [3.05, 3.63) is 18.2 Å². The van der Waals surface area contributed by atoms with Crippen LogP contribution in [0.15, 0.2) is 18.2 Å². The van der Waals surface area contributed by atoms with Gasteiger partial charge in [-0.25, -0.2) is 4.98 Å². The van der Waals surface area contributed by atoms with Gasteiger partial charge in [0.1, 0.15) is 5.75 Å². The highest BCUT2D eigenvalue weighted by atomic mass is 32.1. The van der Waals surface area contributed by atoms with Crippen molar-refractivity contribution in [1.29, 1.82) is 0 Å². The van der Waals surface area contributed by atoms with Crippen LogP contribution in [0.2, 0.25) is 0 Å². The molecule has 5 nitrogen and oxygen atoms in total. The molecule has 0 spiro atoms. The van der Waals surface area contributed by atoms with Crippen LogP contribution in [-0.4, -0.2) is 38.1 Å². The molecule has 3 rings (SSSR count). The predicted molar refractivity (Wildman–Crippen MR) is 75.9 cm³/mol. The Morgan fingerprint density at radius 1 is 1.53 bits per heavy atom. The minimum absolute atomic E-state index is 0.0894. The summed E-state index contributed by atoms with van der Waals surface area (Å²) >= 11 is 1.65. The summed E-state index contributed by atoms with van der Waals surface area (Å²) < 4.78 is 6.33. The summed E-state index contributed by atoms with van der Waals surface area (Å²) in [6, 6.07) is 5.89. The van der Waals surface area contributed by atoms with Gasteiger partial charge in [0.05, 0.1) is 23.2 Å². The van der Waals surface area contributed by atoms with Crippen LogP contribution in [0.5, 0.6) is 5.75 Å². The Labute approximate surface area is 115 Å². The molecule has 6 heteroatoms. The molecule has 1 aliphatic heterocycles. The summed E-state index contributed by atoms with van der Waals surface area (Å²) in [5.74, 6) is 1.02. The highest BCUT2D eigenvalue weighted by Gasteiger charge is 2.33. The van der Waals surface area contributed by atoms with Crippen molar-refractivity contribution in [1.82, 2.24) is 10.3 Å². The van der Waals surface area contributed by atoms with E-state index in [1.165, 1.54) is 0 Å². The van der Waals surface area contributed by atoms with Gasteiger partial charge in [0.2, 0.25) is 5.91 Å². The van der Waals surface area contributed by atoms with Gasteiger partial charge in [-0.05, 0) is 12.1 Å². The van der Waals surface area contributed by atoms with E-state index in [9.17, 15) is 4.79 Å². The number of carbonyl (C=O) groups excluding carboxylic acids is 1. The minimum atomic E-state index is 0.0894. The van der Waals surface area contributed by atoms with Crippen LogP contribution < -0.4 is 15.0 Å². The number of thiazole rings is 1. The number of fused-ring (bicyclic) bond motifs is 1. The second-order valence-electron chi connectivity index (χ2n) is 4.55. The number of aromatic nitrogens is 1. The fourth-order valence-electron chi connectivity index (χ4n) is 2.16. The lowest BCUT2D eigenvalue weighted by Crippen LogP contribution is -2.53. The highest BCUT2D eigenvalue weighted by Crippen LogP contribution is 2.34. The number of carbonyl (C=O) groups is 1. The first-order valence-electron chi connectivity index (χ1n) is 6.12. The zero-order valence-electron chi connectivity index (χ0n) is 10.8. The minimum Gasteiger partial charge on any atom is -0.497 e. The maximum atomic E-state index is 11.5. The van der Waals surface area contributed by atoms with E-state index in [0.29, 0.717) is 0 Å². The number of rotatable bonds is 3. The molecule has 19 heavy (non-hydrogen) atoms. The molecule has 0 bridgehead atoms. The number of hydrogen-bond donors (Lipinski definition) is 1. The van der Waals surface area contributed by atoms with Gasteiger partial charge in [-0.1, -0.05) is 11.3 Å². The van der Waals surface area contributed by atoms with E-state index in [4.69, 9.17) is 4.74 Å². The molecular weight excluding hydrogens is 262 g/mol. The SMILES string of the molecule is CNC(=O)C1CN(c2nc3cc(OC)ccc3s2)C1. The molecule has 2 heterocycles. The normalized spacial score (nSPS) is 15.4. The molecule has 1 fully saturated rings. The Hall–Kier alpha value is -1.82. The van der Waals surface area contributed by atoms with Crippen molar-refractivity contribution < 1.29 is 9.53 Å². The van der Waals surface area contributed by atoms with Crippen molar-refractivity contribution in [2.24, 2.45) is 5.92 Å². The molecule has 0 saturated carbocycles. The molecule has 1 aromatic heterocycles. The van der Waals surface area contributed by atoms with Gasteiger partial charge in [-0.15, -0.1) is 0 Å². The third kappa shape index (κ3) is 2.12. The summed E-state index contributed by atoms with van der Waals surface area (Å²) in [6.07, 6.45) is 0. The topological polar surface area (TPSA) is 54.5 Å². The van der Waals surface area contributed by atoms with Crippen molar-refractivity contribution in [3.63, 3.8) is 0 Å². The quantitative estimate of drug-likeness (QED) is 0.923. The van der Waals surface area contributed by atoms with E-state index in [-0.39, 0.29) is 11.8 Å². The third-order valence-corrected chi connectivity index (χ3v) is 4.45. The molecular formula is C13H15N3O2S. The lowest BCUT2D eigenvalue weighted by atomic mass is 10.0. The van der Waals surface area contributed by atoms with Crippen molar-refractivity contribution in [3.8, 4) is 5.75 Å². The van der Waals surface area contributed by atoms with E-state index < -0.39 is 0 Å². The van der Waals surface area contributed by atoms with Crippen molar-refractivity contribution >= 4 is 32.6 Å². The summed E-state index contributed by atoms with van der Waals surface area (Å²) in [6.45, 7) is 1.49. The average molecular weight is 277 g/mol. The fraction of sp³-hybridized carbons (Fsp3) is 0.385. The number of ether oxygens (including phenoxy) is 1. The summed E-state index contributed by atoms with van der Waals surface area (Å²) in [4.78, 5) is 18.2. The van der Waals surface area contributed by atoms with Crippen molar-refractivity contribution in [2.75, 3.05) is 32.1 Å². The van der Waals surface area contributed by atoms with Gasteiger partial charge in [0.15, 0.2) is 5.13 Å². The van der Waals surface area contributed by atoms with Gasteiger partial charge < -0.3 is 15.0 Å². The standard InChI is InChI=1S/C13H15N3O2S/c1-14-12(17)8-6-16(7-8)13-15-10-5-9(18-2)3-4-11(10)19-13/h3-5,8H,6-7H2,1-2H3,(H,14,17). The van der Waals surface area contributed by atoms with E-state index in [0.717, 1.165) is 34.2 Å². The molecule has 0 radical (unpaired) electrons. The van der Waals surface area contributed by atoms with Crippen LogP contribution in [0.25, 0.3) is 10.2 Å². The molecule has 1 aliphatic rings. The zero-order valence-corrected chi connectivity index (χ0v) is 11.7. The van der Waals surface area contributed by atoms with Gasteiger partial charge in [0.25, 0.3) is 0 Å². The molecule has 100 valence electrons. The Balaban J connectivity index is 1.78. The third-order valence-electron chi connectivity index (χ3n) is 3.35. The Kier molecular flexibility index (Phi) is 3.02. The van der Waals surface area contributed by atoms with Gasteiger partial charge in [0, 0.05) is 26.2 Å². The predicted octanol–water partition coefficient (Wildman–Crippen LogP) is 1.49. The summed E-state index contributed by atoms with van der Waals surface area (Å²) in [7, 11) is 3.33. The number of hydrogen-bond acceptors (Lipinski definition) is 5. The first-order valence-corrected chi connectivity index (χ1v) is 6.94. The van der Waals surface area contributed by atoms with Crippen LogP contribution in [-0.2, 0) is 4.79 Å². The van der Waals surface area contributed by atoms with Crippen LogP contribution >= 0.6 is 11.3 Å². The number of nitrogens with zero attached hydrogens (tertiary/aromatic N) is 2. The molecule has 1 saturated heterocycles. The molecule has 1 amide bonds. The second kappa shape index (κ2) is 4.70. The van der Waals surface area contributed by atoms with Crippen LogP contribution in [0.1, 0.15) is 0 Å². The maximum absolute atomic E-state index is 11.5. The van der Waals surface area contributed by atoms with E-state index in [1.54, 1.807) is 25.5 Å². The number of nitrogens with one attached hydrogen (secondary N) is 1. The van der Waals surface area contributed by atoms with Gasteiger partial charge in [-0.2, -0.15) is 0 Å². The monoisotopic (exact) mass is 277 g/mol. The fourth-order valence-corrected chi connectivity index (χ4v) is 3.13. The van der Waals surface area contributed by atoms with Gasteiger partial charge in [-0.3, -0.25) is 4.79 Å². The van der Waals surface area contributed by atoms with Crippen LogP contribution in [0, 0.1) is 5.92 Å². The second-order valence-corrected chi connectivity index (χ2v) is 5.56. The van der Waals surface area contributed by atoms with Crippen LogP contribution in [0.4, 0.5) is 5.13 Å². The maximum Gasteiger partial charge on any atom is 0.226 e. The lowest BCUT2D eigenvalue weighted by Gasteiger charge is -2.37. The van der Waals surface area contributed by atoms with Crippen LogP contribution in [0.3, 0.4) is 0 Å². The number of methoxy groups -OCH3 is 1. The number of amides is 1. The average Bonchev–Trinajstić information content (AvgIpc) is 2.78. The number of anilines is 1. The Bertz CT molecular complexity index is 619. The first kappa shape index (κ1) is 12.2. The summed E-state index contributed by atoms with van der Waals surface area (Å²) in [5, 5.41) is 3.66. The lowest BCUT2D eigenvalue weighted by molar-refractivity contribution is -0.125.